The number of rotatable bonds is 7. The van der Waals surface area contributed by atoms with Crippen molar-refractivity contribution in [3.05, 3.63) is 77.9 Å². The van der Waals surface area contributed by atoms with Gasteiger partial charge in [-0.3, -0.25) is 4.79 Å². The van der Waals surface area contributed by atoms with Gasteiger partial charge in [-0.25, -0.2) is 4.98 Å². The molecule has 3 N–H and O–H groups in total. The van der Waals surface area contributed by atoms with E-state index in [9.17, 15) is 4.79 Å². The van der Waals surface area contributed by atoms with Crippen molar-refractivity contribution in [1.82, 2.24) is 9.55 Å². The summed E-state index contributed by atoms with van der Waals surface area (Å²) in [6.45, 7) is 5.00. The molecule has 0 aliphatic carbocycles. The molecule has 0 saturated heterocycles. The fourth-order valence-electron chi connectivity index (χ4n) is 3.13. The Morgan fingerprint density at radius 3 is 2.62 bits per heavy atom. The second-order valence-electron chi connectivity index (χ2n) is 7.02. The molecule has 0 atom stereocenters. The molecule has 5 nitrogen and oxygen atoms in total. The second-order valence-corrected chi connectivity index (χ2v) is 7.02. The largest absolute Gasteiger partial charge is 0.399 e. The third-order valence-electron chi connectivity index (χ3n) is 4.50. The summed E-state index contributed by atoms with van der Waals surface area (Å²) in [5.41, 5.74) is 9.61. The van der Waals surface area contributed by atoms with E-state index < -0.39 is 0 Å². The lowest BCUT2D eigenvalue weighted by Crippen LogP contribution is -2.13. The molecule has 0 unspecified atom stereocenters. The average Bonchev–Trinajstić information content (AvgIpc) is 3.10. The molecule has 3 aromatic rings. The monoisotopic (exact) mass is 434 g/mol. The summed E-state index contributed by atoms with van der Waals surface area (Å²) < 4.78 is 2.14. The van der Waals surface area contributed by atoms with Crippen LogP contribution in [0.4, 0.5) is 11.4 Å². The summed E-state index contributed by atoms with van der Waals surface area (Å²) in [6.07, 6.45) is 4.85. The van der Waals surface area contributed by atoms with Crippen LogP contribution in [0.25, 0.3) is 0 Å². The standard InChI is InChI=1S/C22H26N4O.2ClH/c1-16(2)22-24-12-13-26(22)15-17-6-5-8-19(14-17)25-21(27)11-10-18-7-3-4-9-20(18)23;;/h3-9,12-14,16H,10-11,15,23H2,1-2H3,(H,25,27);2*1H. The summed E-state index contributed by atoms with van der Waals surface area (Å²) >= 11 is 0. The number of benzene rings is 2. The van der Waals surface area contributed by atoms with Crippen LogP contribution in [0, 0.1) is 0 Å². The van der Waals surface area contributed by atoms with Gasteiger partial charge in [0, 0.05) is 42.7 Å². The first-order valence-corrected chi connectivity index (χ1v) is 9.26. The summed E-state index contributed by atoms with van der Waals surface area (Å²) in [7, 11) is 0. The minimum Gasteiger partial charge on any atom is -0.399 e. The number of carbonyl (C=O) groups excluding carboxylic acids is 1. The molecule has 156 valence electrons. The zero-order valence-electron chi connectivity index (χ0n) is 16.7. The molecule has 0 radical (unpaired) electrons. The van der Waals surface area contributed by atoms with Gasteiger partial charge >= 0.3 is 0 Å². The van der Waals surface area contributed by atoms with Gasteiger partial charge in [-0.05, 0) is 35.7 Å². The van der Waals surface area contributed by atoms with E-state index in [-0.39, 0.29) is 30.7 Å². The molecule has 0 aliphatic heterocycles. The number of nitrogens with one attached hydrogen (secondary N) is 1. The number of hydrogen-bond donors (Lipinski definition) is 2. The fraction of sp³-hybridized carbons (Fsp3) is 0.273. The first kappa shape index (κ1) is 24.5. The number of nitrogens with zero attached hydrogens (tertiary/aromatic N) is 2. The smallest absolute Gasteiger partial charge is 0.224 e. The molecular formula is C22H28Cl2N4O. The van der Waals surface area contributed by atoms with E-state index in [4.69, 9.17) is 5.73 Å². The van der Waals surface area contributed by atoms with Crippen LogP contribution in [0.3, 0.4) is 0 Å². The Kier molecular flexibility index (Phi) is 9.72. The number of halogens is 2. The van der Waals surface area contributed by atoms with Gasteiger partial charge in [0.25, 0.3) is 0 Å². The van der Waals surface area contributed by atoms with Crippen molar-refractivity contribution < 1.29 is 4.79 Å². The van der Waals surface area contributed by atoms with Crippen LogP contribution in [0.5, 0.6) is 0 Å². The molecule has 1 amide bonds. The number of aryl methyl sites for hydroxylation is 1. The maximum absolute atomic E-state index is 12.3. The molecule has 0 bridgehead atoms. The van der Waals surface area contributed by atoms with Crippen LogP contribution in [0.1, 0.15) is 43.1 Å². The van der Waals surface area contributed by atoms with Gasteiger partial charge in [-0.2, -0.15) is 0 Å². The van der Waals surface area contributed by atoms with Crippen LogP contribution < -0.4 is 11.1 Å². The van der Waals surface area contributed by atoms with Crippen molar-refractivity contribution in [3.63, 3.8) is 0 Å². The van der Waals surface area contributed by atoms with Crippen LogP contribution in [-0.2, 0) is 17.8 Å². The minimum atomic E-state index is -0.0131. The third kappa shape index (κ3) is 6.80. The van der Waals surface area contributed by atoms with Gasteiger partial charge in [0.2, 0.25) is 5.91 Å². The maximum Gasteiger partial charge on any atom is 0.224 e. The Morgan fingerprint density at radius 1 is 1.14 bits per heavy atom. The highest BCUT2D eigenvalue weighted by Crippen LogP contribution is 2.17. The fourth-order valence-corrected chi connectivity index (χ4v) is 3.13. The minimum absolute atomic E-state index is 0. The molecule has 29 heavy (non-hydrogen) atoms. The van der Waals surface area contributed by atoms with E-state index in [0.29, 0.717) is 18.8 Å². The van der Waals surface area contributed by atoms with E-state index in [1.807, 2.05) is 54.9 Å². The van der Waals surface area contributed by atoms with Gasteiger partial charge in [0.1, 0.15) is 5.82 Å². The molecule has 0 aliphatic rings. The lowest BCUT2D eigenvalue weighted by Gasteiger charge is -2.12. The number of para-hydroxylation sites is 1. The van der Waals surface area contributed by atoms with Crippen molar-refractivity contribution in [2.24, 2.45) is 0 Å². The Labute approximate surface area is 184 Å². The Bertz CT molecular complexity index is 924. The molecule has 2 aromatic carbocycles. The maximum atomic E-state index is 12.3. The van der Waals surface area contributed by atoms with Gasteiger partial charge in [-0.1, -0.05) is 44.2 Å². The van der Waals surface area contributed by atoms with Crippen molar-refractivity contribution >= 4 is 42.1 Å². The van der Waals surface area contributed by atoms with Crippen LogP contribution in [0.15, 0.2) is 60.9 Å². The van der Waals surface area contributed by atoms with E-state index in [1.54, 1.807) is 0 Å². The zero-order valence-corrected chi connectivity index (χ0v) is 18.3. The van der Waals surface area contributed by atoms with E-state index in [0.717, 1.165) is 34.9 Å². The number of hydrogen-bond acceptors (Lipinski definition) is 3. The number of imidazole rings is 1. The lowest BCUT2D eigenvalue weighted by atomic mass is 10.1. The van der Waals surface area contributed by atoms with Crippen molar-refractivity contribution in [2.75, 3.05) is 11.1 Å². The number of anilines is 2. The van der Waals surface area contributed by atoms with Crippen molar-refractivity contribution in [3.8, 4) is 0 Å². The third-order valence-corrected chi connectivity index (χ3v) is 4.50. The van der Waals surface area contributed by atoms with Gasteiger partial charge in [0.15, 0.2) is 0 Å². The molecule has 0 fully saturated rings. The highest BCUT2D eigenvalue weighted by Gasteiger charge is 2.09. The normalized spacial score (nSPS) is 10.2. The average molecular weight is 435 g/mol. The predicted octanol–water partition coefficient (Wildman–Crippen LogP) is 5.05. The quantitative estimate of drug-likeness (QED) is 0.510. The first-order chi connectivity index (χ1) is 13.0. The number of amides is 1. The van der Waals surface area contributed by atoms with E-state index in [2.05, 4.69) is 34.8 Å². The zero-order chi connectivity index (χ0) is 19.2. The SMILES string of the molecule is CC(C)c1nccn1Cc1cccc(NC(=O)CCc2ccccc2N)c1.Cl.Cl. The number of carbonyl (C=O) groups is 1. The summed E-state index contributed by atoms with van der Waals surface area (Å²) in [5.74, 6) is 1.42. The molecule has 1 aromatic heterocycles. The number of nitrogens with two attached hydrogens (primary N) is 1. The summed E-state index contributed by atoms with van der Waals surface area (Å²) in [5, 5.41) is 2.98. The first-order valence-electron chi connectivity index (χ1n) is 9.26. The Balaban J connectivity index is 0.00000210. The van der Waals surface area contributed by atoms with Gasteiger partial charge < -0.3 is 15.6 Å². The van der Waals surface area contributed by atoms with Gasteiger partial charge in [0.05, 0.1) is 0 Å². The highest BCUT2D eigenvalue weighted by molar-refractivity contribution is 5.91. The molecule has 1 heterocycles. The van der Waals surface area contributed by atoms with Crippen LogP contribution in [-0.4, -0.2) is 15.5 Å². The van der Waals surface area contributed by atoms with Crippen LogP contribution in [0.2, 0.25) is 0 Å². The van der Waals surface area contributed by atoms with Crippen molar-refractivity contribution in [2.45, 2.75) is 39.2 Å². The summed E-state index contributed by atoms with van der Waals surface area (Å²) in [4.78, 5) is 16.7. The summed E-state index contributed by atoms with van der Waals surface area (Å²) in [6, 6.07) is 15.6. The highest BCUT2D eigenvalue weighted by atomic mass is 35.5. The lowest BCUT2D eigenvalue weighted by molar-refractivity contribution is -0.116. The van der Waals surface area contributed by atoms with Crippen LogP contribution >= 0.6 is 24.8 Å². The Morgan fingerprint density at radius 2 is 1.90 bits per heavy atom. The number of nitrogen functional groups attached to an aromatic ring is 1. The predicted molar refractivity (Wildman–Crippen MR) is 124 cm³/mol. The molecule has 0 spiro atoms. The van der Waals surface area contributed by atoms with E-state index >= 15 is 0 Å². The number of aromatic nitrogens is 2. The van der Waals surface area contributed by atoms with E-state index in [1.165, 1.54) is 0 Å². The molecule has 3 rings (SSSR count). The molecule has 7 heteroatoms. The van der Waals surface area contributed by atoms with Gasteiger partial charge in [-0.15, -0.1) is 24.8 Å². The second kappa shape index (κ2) is 11.5. The topological polar surface area (TPSA) is 72.9 Å². The molecule has 0 saturated carbocycles. The Hall–Kier alpha value is -2.50. The molecular weight excluding hydrogens is 407 g/mol. The van der Waals surface area contributed by atoms with Crippen molar-refractivity contribution in [1.29, 1.82) is 0 Å².